The first kappa shape index (κ1) is 15.9. The van der Waals surface area contributed by atoms with Crippen molar-refractivity contribution in [1.29, 1.82) is 0 Å². The number of halogens is 1. The number of hydrogen-bond donors (Lipinski definition) is 2. The van der Waals surface area contributed by atoms with E-state index in [4.69, 9.17) is 18.0 Å². The van der Waals surface area contributed by atoms with E-state index >= 15 is 0 Å². The van der Waals surface area contributed by atoms with Crippen LogP contribution in [-0.2, 0) is 6.54 Å². The summed E-state index contributed by atoms with van der Waals surface area (Å²) in [7, 11) is 0. The summed E-state index contributed by atoms with van der Waals surface area (Å²) in [6.07, 6.45) is 8.44. The minimum atomic E-state index is -0.366. The third-order valence-electron chi connectivity index (χ3n) is 2.65. The second kappa shape index (κ2) is 7.43. The second-order valence-electron chi connectivity index (χ2n) is 3.92. The first-order valence-electron chi connectivity index (χ1n) is 5.64. The van der Waals surface area contributed by atoms with Gasteiger partial charge in [0.15, 0.2) is 0 Å². The molecular weight excluding hydrogens is 286 g/mol. The van der Waals surface area contributed by atoms with Gasteiger partial charge >= 0.3 is 0 Å². The van der Waals surface area contributed by atoms with Gasteiger partial charge in [0.05, 0.1) is 17.8 Å². The first-order chi connectivity index (χ1) is 9.04. The van der Waals surface area contributed by atoms with E-state index in [9.17, 15) is 9.90 Å². The van der Waals surface area contributed by atoms with Crippen LogP contribution in [0.5, 0.6) is 0 Å². The van der Waals surface area contributed by atoms with Gasteiger partial charge in [-0.2, -0.15) is 16.9 Å². The van der Waals surface area contributed by atoms with Gasteiger partial charge in [-0.1, -0.05) is 17.5 Å². The van der Waals surface area contributed by atoms with E-state index < -0.39 is 0 Å². The summed E-state index contributed by atoms with van der Waals surface area (Å²) in [4.78, 5) is 12.1. The Morgan fingerprint density at radius 2 is 2.42 bits per heavy atom. The van der Waals surface area contributed by atoms with Gasteiger partial charge in [-0.05, 0) is 13.2 Å². The number of terminal acetylenes is 1. The number of aromatic nitrogens is 2. The lowest BCUT2D eigenvalue weighted by molar-refractivity contribution is 0.288. The molecule has 1 heterocycles. The Bertz CT molecular complexity index is 523. The van der Waals surface area contributed by atoms with E-state index in [0.29, 0.717) is 0 Å². The van der Waals surface area contributed by atoms with Gasteiger partial charge in [0.25, 0.3) is 5.56 Å². The maximum absolute atomic E-state index is 12.1. The number of aliphatic hydroxyl groups excluding tert-OH is 1. The van der Waals surface area contributed by atoms with Gasteiger partial charge in [-0.25, -0.2) is 4.68 Å². The minimum absolute atomic E-state index is 0.0105. The Morgan fingerprint density at radius 3 is 2.95 bits per heavy atom. The summed E-state index contributed by atoms with van der Waals surface area (Å²) in [6.45, 7) is 1.97. The molecule has 104 valence electrons. The largest absolute Gasteiger partial charge is 0.395 e. The van der Waals surface area contributed by atoms with Crippen molar-refractivity contribution in [2.75, 3.05) is 18.2 Å². The number of anilines is 1. The van der Waals surface area contributed by atoms with Crippen LogP contribution < -0.4 is 10.9 Å². The molecule has 0 aromatic carbocycles. The van der Waals surface area contributed by atoms with Crippen LogP contribution in [0.3, 0.4) is 0 Å². The van der Waals surface area contributed by atoms with Crippen LogP contribution in [0.1, 0.15) is 6.92 Å². The van der Waals surface area contributed by atoms with Crippen molar-refractivity contribution >= 4 is 29.1 Å². The standard InChI is InChI=1S/C12H16ClN3O2S/c1-4-5-16-12(18)11(9(13)6-14-16)15-8(2)10(7-17)19-3/h1,6,8,10,15,17H,5,7H2,2-3H3. The molecule has 0 aliphatic rings. The molecule has 1 aromatic rings. The van der Waals surface area contributed by atoms with Crippen LogP contribution in [0.2, 0.25) is 5.02 Å². The van der Waals surface area contributed by atoms with Crippen LogP contribution in [0, 0.1) is 12.3 Å². The molecule has 7 heteroatoms. The van der Waals surface area contributed by atoms with Crippen molar-refractivity contribution in [1.82, 2.24) is 9.78 Å². The molecule has 0 bridgehead atoms. The first-order valence-corrected chi connectivity index (χ1v) is 7.31. The fourth-order valence-electron chi connectivity index (χ4n) is 1.56. The van der Waals surface area contributed by atoms with Gasteiger partial charge in [-0.3, -0.25) is 4.79 Å². The van der Waals surface area contributed by atoms with Crippen molar-refractivity contribution in [3.63, 3.8) is 0 Å². The van der Waals surface area contributed by atoms with Gasteiger partial charge in [-0.15, -0.1) is 6.42 Å². The highest BCUT2D eigenvalue weighted by Crippen LogP contribution is 2.19. The molecule has 2 unspecified atom stereocenters. The topological polar surface area (TPSA) is 67.2 Å². The Morgan fingerprint density at radius 1 is 1.74 bits per heavy atom. The highest BCUT2D eigenvalue weighted by atomic mass is 35.5. The summed E-state index contributed by atoms with van der Waals surface area (Å²) in [5.41, 5.74) is -0.109. The zero-order valence-electron chi connectivity index (χ0n) is 10.8. The molecule has 2 N–H and O–H groups in total. The van der Waals surface area contributed by atoms with Crippen molar-refractivity contribution in [3.8, 4) is 12.3 Å². The number of thioether (sulfide) groups is 1. The Labute approximate surface area is 121 Å². The monoisotopic (exact) mass is 301 g/mol. The fourth-order valence-corrected chi connectivity index (χ4v) is 2.36. The number of hydrogen-bond acceptors (Lipinski definition) is 5. The van der Waals surface area contributed by atoms with Crippen LogP contribution in [-0.4, -0.2) is 39.0 Å². The SMILES string of the molecule is C#CCn1ncc(Cl)c(NC(C)C(CO)SC)c1=O. The van der Waals surface area contributed by atoms with Gasteiger partial charge < -0.3 is 10.4 Å². The maximum atomic E-state index is 12.1. The van der Waals surface area contributed by atoms with E-state index in [-0.39, 0.29) is 40.7 Å². The molecule has 0 spiro atoms. The maximum Gasteiger partial charge on any atom is 0.292 e. The molecule has 1 rings (SSSR count). The number of aliphatic hydroxyl groups is 1. The average molecular weight is 302 g/mol. The van der Waals surface area contributed by atoms with E-state index in [0.717, 1.165) is 4.68 Å². The van der Waals surface area contributed by atoms with Crippen molar-refractivity contribution in [2.24, 2.45) is 0 Å². The third-order valence-corrected chi connectivity index (χ3v) is 4.10. The number of nitrogens with zero attached hydrogens (tertiary/aromatic N) is 2. The second-order valence-corrected chi connectivity index (χ2v) is 5.41. The Hall–Kier alpha value is -1.16. The summed E-state index contributed by atoms with van der Waals surface area (Å²) in [5, 5.41) is 16.3. The predicted molar refractivity (Wildman–Crippen MR) is 79.8 cm³/mol. The zero-order valence-corrected chi connectivity index (χ0v) is 12.3. The summed E-state index contributed by atoms with van der Waals surface area (Å²) < 4.78 is 1.16. The van der Waals surface area contributed by atoms with Crippen molar-refractivity contribution in [2.45, 2.75) is 24.8 Å². The van der Waals surface area contributed by atoms with Crippen LogP contribution in [0.4, 0.5) is 5.69 Å². The molecule has 2 atom stereocenters. The Kier molecular flexibility index (Phi) is 6.22. The molecule has 0 saturated heterocycles. The minimum Gasteiger partial charge on any atom is -0.395 e. The molecule has 5 nitrogen and oxygen atoms in total. The summed E-state index contributed by atoms with van der Waals surface area (Å²) >= 11 is 7.49. The lowest BCUT2D eigenvalue weighted by Gasteiger charge is -2.22. The molecule has 19 heavy (non-hydrogen) atoms. The lowest BCUT2D eigenvalue weighted by atomic mass is 10.2. The highest BCUT2D eigenvalue weighted by Gasteiger charge is 2.18. The molecule has 0 amide bonds. The normalized spacial score (nSPS) is 13.6. The van der Waals surface area contributed by atoms with E-state index in [1.54, 1.807) is 0 Å². The Balaban J connectivity index is 3.04. The van der Waals surface area contributed by atoms with E-state index in [2.05, 4.69) is 16.3 Å². The molecule has 0 saturated carbocycles. The lowest BCUT2D eigenvalue weighted by Crippen LogP contribution is -2.35. The van der Waals surface area contributed by atoms with Crippen LogP contribution >= 0.6 is 23.4 Å². The molecule has 1 aromatic heterocycles. The molecule has 0 fully saturated rings. The predicted octanol–water partition coefficient (Wildman–Crippen LogP) is 1.05. The molecule has 0 aliphatic carbocycles. The molecule has 0 aliphatic heterocycles. The third kappa shape index (κ3) is 3.90. The zero-order chi connectivity index (χ0) is 14.4. The molecule has 0 radical (unpaired) electrons. The van der Waals surface area contributed by atoms with Crippen molar-refractivity contribution in [3.05, 3.63) is 21.6 Å². The quantitative estimate of drug-likeness (QED) is 0.769. The van der Waals surface area contributed by atoms with Crippen LogP contribution in [0.25, 0.3) is 0 Å². The fraction of sp³-hybridized carbons (Fsp3) is 0.500. The van der Waals surface area contributed by atoms with Gasteiger partial charge in [0.2, 0.25) is 0 Å². The molecular formula is C12H16ClN3O2S. The van der Waals surface area contributed by atoms with Gasteiger partial charge in [0.1, 0.15) is 12.2 Å². The smallest absolute Gasteiger partial charge is 0.292 e. The van der Waals surface area contributed by atoms with Crippen molar-refractivity contribution < 1.29 is 5.11 Å². The summed E-state index contributed by atoms with van der Waals surface area (Å²) in [5.74, 6) is 2.36. The van der Waals surface area contributed by atoms with E-state index in [1.165, 1.54) is 18.0 Å². The highest BCUT2D eigenvalue weighted by molar-refractivity contribution is 7.99. The number of nitrogens with one attached hydrogen (secondary N) is 1. The van der Waals surface area contributed by atoms with E-state index in [1.807, 2.05) is 13.2 Å². The summed E-state index contributed by atoms with van der Waals surface area (Å²) in [6, 6.07) is -0.119. The average Bonchev–Trinajstić information content (AvgIpc) is 2.39. The van der Waals surface area contributed by atoms with Gasteiger partial charge in [0, 0.05) is 11.3 Å². The number of rotatable bonds is 6. The van der Waals surface area contributed by atoms with Crippen LogP contribution in [0.15, 0.2) is 11.0 Å².